The summed E-state index contributed by atoms with van der Waals surface area (Å²) in [6.07, 6.45) is 0. The molecule has 0 aliphatic heterocycles. The van der Waals surface area contributed by atoms with Gasteiger partial charge in [-0.2, -0.15) is 0 Å². The molecule has 0 unspecified atom stereocenters. The molecule has 0 bridgehead atoms. The van der Waals surface area contributed by atoms with Crippen molar-refractivity contribution >= 4 is 11.7 Å². The third-order valence-electron chi connectivity index (χ3n) is 2.37. The summed E-state index contributed by atoms with van der Waals surface area (Å²) in [6.45, 7) is 8.77. The maximum absolute atomic E-state index is 11.8. The van der Waals surface area contributed by atoms with Gasteiger partial charge in [0.25, 0.3) is 0 Å². The number of esters is 1. The first kappa shape index (κ1) is 16.3. The van der Waals surface area contributed by atoms with Crippen LogP contribution in [0.3, 0.4) is 0 Å². The van der Waals surface area contributed by atoms with Gasteiger partial charge in [0, 0.05) is 5.69 Å². The molecular weight excluding hydrogens is 258 g/mol. The number of benzene rings is 1. The zero-order valence-corrected chi connectivity index (χ0v) is 12.6. The molecule has 0 fully saturated rings. The fourth-order valence-electron chi connectivity index (χ4n) is 1.54. The summed E-state index contributed by atoms with van der Waals surface area (Å²) in [5.41, 5.74) is 6.30. The lowest BCUT2D eigenvalue weighted by molar-refractivity contribution is -0.0165. The molecule has 1 aromatic rings. The van der Waals surface area contributed by atoms with E-state index >= 15 is 0 Å². The van der Waals surface area contributed by atoms with E-state index in [2.05, 4.69) is 0 Å². The van der Waals surface area contributed by atoms with E-state index < -0.39 is 5.97 Å². The van der Waals surface area contributed by atoms with Crippen LogP contribution in [0.4, 0.5) is 5.69 Å². The minimum atomic E-state index is -0.438. The number of carbonyl (C=O) groups is 1. The number of hydrogen-bond donors (Lipinski definition) is 1. The van der Waals surface area contributed by atoms with Crippen molar-refractivity contribution < 1.29 is 19.0 Å². The number of rotatable bonds is 6. The fourth-order valence-corrected chi connectivity index (χ4v) is 1.54. The van der Waals surface area contributed by atoms with Crippen LogP contribution in [0.15, 0.2) is 18.2 Å². The third kappa shape index (κ3) is 5.48. The Hall–Kier alpha value is -1.75. The molecule has 0 heterocycles. The van der Waals surface area contributed by atoms with E-state index in [1.165, 1.54) is 0 Å². The Kier molecular flexibility index (Phi) is 5.82. The van der Waals surface area contributed by atoms with Crippen molar-refractivity contribution in [1.82, 2.24) is 0 Å². The molecule has 0 spiro atoms. The molecule has 20 heavy (non-hydrogen) atoms. The first-order chi connectivity index (χ1) is 9.33. The normalized spacial score (nSPS) is 11.2. The predicted octanol–water partition coefficient (Wildman–Crippen LogP) is 2.64. The first-order valence-corrected chi connectivity index (χ1v) is 6.67. The van der Waals surface area contributed by atoms with E-state index in [1.54, 1.807) is 25.1 Å². The quantitative estimate of drug-likeness (QED) is 0.493. The summed E-state index contributed by atoms with van der Waals surface area (Å²) < 4.78 is 16.1. The second-order valence-electron chi connectivity index (χ2n) is 5.29. The predicted molar refractivity (Wildman–Crippen MR) is 78.0 cm³/mol. The smallest absolute Gasteiger partial charge is 0.341 e. The number of nitrogens with two attached hydrogens (primary N) is 1. The summed E-state index contributed by atoms with van der Waals surface area (Å²) in [5, 5.41) is 0. The maximum atomic E-state index is 11.8. The molecule has 1 rings (SSSR count). The molecule has 0 saturated heterocycles. The molecule has 0 aliphatic carbocycles. The lowest BCUT2D eigenvalue weighted by atomic mass is 10.2. The summed E-state index contributed by atoms with van der Waals surface area (Å²) in [4.78, 5) is 11.8. The highest BCUT2D eigenvalue weighted by molar-refractivity contribution is 5.93. The molecule has 0 atom stereocenters. The molecule has 1 aromatic carbocycles. The number of carbonyl (C=O) groups excluding carboxylic acids is 1. The highest BCUT2D eigenvalue weighted by atomic mass is 16.5. The summed E-state index contributed by atoms with van der Waals surface area (Å²) in [6, 6.07) is 4.90. The van der Waals surface area contributed by atoms with Gasteiger partial charge in [-0.1, -0.05) is 0 Å². The minimum absolute atomic E-state index is 0.214. The van der Waals surface area contributed by atoms with Gasteiger partial charge in [-0.3, -0.25) is 0 Å². The molecule has 0 aromatic heterocycles. The van der Waals surface area contributed by atoms with E-state index in [0.717, 1.165) is 0 Å². The largest absolute Gasteiger partial charge is 0.490 e. The number of hydrogen-bond acceptors (Lipinski definition) is 5. The van der Waals surface area contributed by atoms with Gasteiger partial charge in [0.05, 0.1) is 18.8 Å². The number of anilines is 1. The van der Waals surface area contributed by atoms with Crippen LogP contribution in [0.2, 0.25) is 0 Å². The maximum Gasteiger partial charge on any atom is 0.341 e. The number of nitrogen functional groups attached to an aromatic ring is 1. The average molecular weight is 281 g/mol. The monoisotopic (exact) mass is 281 g/mol. The first-order valence-electron chi connectivity index (χ1n) is 6.67. The van der Waals surface area contributed by atoms with Crippen molar-refractivity contribution in [1.29, 1.82) is 0 Å². The van der Waals surface area contributed by atoms with Crippen molar-refractivity contribution in [3.8, 4) is 5.75 Å². The van der Waals surface area contributed by atoms with Gasteiger partial charge in [-0.25, -0.2) is 4.79 Å². The average Bonchev–Trinajstić information content (AvgIpc) is 2.35. The second kappa shape index (κ2) is 7.14. The summed E-state index contributed by atoms with van der Waals surface area (Å²) in [7, 11) is 0. The highest BCUT2D eigenvalue weighted by Crippen LogP contribution is 2.22. The van der Waals surface area contributed by atoms with Crippen molar-refractivity contribution in [2.45, 2.75) is 33.3 Å². The van der Waals surface area contributed by atoms with E-state index in [0.29, 0.717) is 36.8 Å². The van der Waals surface area contributed by atoms with E-state index in [-0.39, 0.29) is 5.60 Å². The molecule has 0 radical (unpaired) electrons. The Balaban J connectivity index is 2.67. The third-order valence-corrected chi connectivity index (χ3v) is 2.37. The van der Waals surface area contributed by atoms with Gasteiger partial charge in [0.2, 0.25) is 0 Å². The zero-order valence-electron chi connectivity index (χ0n) is 12.6. The SMILES string of the molecule is CCOC(=O)c1cc(N)ccc1OCCOC(C)(C)C. The summed E-state index contributed by atoms with van der Waals surface area (Å²) >= 11 is 0. The van der Waals surface area contributed by atoms with Gasteiger partial charge in [0.1, 0.15) is 17.9 Å². The van der Waals surface area contributed by atoms with Gasteiger partial charge < -0.3 is 19.9 Å². The van der Waals surface area contributed by atoms with Crippen molar-refractivity contribution in [3.05, 3.63) is 23.8 Å². The van der Waals surface area contributed by atoms with Crippen LogP contribution in [0, 0.1) is 0 Å². The van der Waals surface area contributed by atoms with Crippen molar-refractivity contribution in [3.63, 3.8) is 0 Å². The molecule has 0 amide bonds. The van der Waals surface area contributed by atoms with Crippen LogP contribution >= 0.6 is 0 Å². The van der Waals surface area contributed by atoms with E-state index in [9.17, 15) is 4.79 Å². The van der Waals surface area contributed by atoms with Crippen LogP contribution in [0.25, 0.3) is 0 Å². The molecule has 112 valence electrons. The van der Waals surface area contributed by atoms with Gasteiger partial charge in [0.15, 0.2) is 0 Å². The Morgan fingerprint density at radius 2 is 1.95 bits per heavy atom. The lowest BCUT2D eigenvalue weighted by Crippen LogP contribution is -2.22. The van der Waals surface area contributed by atoms with Crippen LogP contribution in [0.1, 0.15) is 38.1 Å². The standard InChI is InChI=1S/C15H23NO4/c1-5-18-14(17)12-10-11(16)6-7-13(12)19-8-9-20-15(2,3)4/h6-7,10H,5,8-9,16H2,1-4H3. The Morgan fingerprint density at radius 1 is 1.25 bits per heavy atom. The van der Waals surface area contributed by atoms with Crippen molar-refractivity contribution in [2.75, 3.05) is 25.6 Å². The van der Waals surface area contributed by atoms with Gasteiger partial charge >= 0.3 is 5.97 Å². The van der Waals surface area contributed by atoms with Crippen LogP contribution in [-0.2, 0) is 9.47 Å². The van der Waals surface area contributed by atoms with Gasteiger partial charge in [-0.05, 0) is 45.9 Å². The lowest BCUT2D eigenvalue weighted by Gasteiger charge is -2.20. The van der Waals surface area contributed by atoms with Gasteiger partial charge in [-0.15, -0.1) is 0 Å². The molecule has 2 N–H and O–H groups in total. The van der Waals surface area contributed by atoms with Crippen molar-refractivity contribution in [2.24, 2.45) is 0 Å². The van der Waals surface area contributed by atoms with Crippen LogP contribution in [0.5, 0.6) is 5.75 Å². The Bertz CT molecular complexity index is 452. The van der Waals surface area contributed by atoms with Crippen LogP contribution < -0.4 is 10.5 Å². The zero-order chi connectivity index (χ0) is 15.2. The van der Waals surface area contributed by atoms with E-state index in [1.807, 2.05) is 20.8 Å². The Morgan fingerprint density at radius 3 is 2.55 bits per heavy atom. The molecule has 0 aliphatic rings. The molecule has 5 heteroatoms. The van der Waals surface area contributed by atoms with E-state index in [4.69, 9.17) is 19.9 Å². The molecule has 5 nitrogen and oxygen atoms in total. The van der Waals surface area contributed by atoms with Crippen LogP contribution in [-0.4, -0.2) is 31.4 Å². The molecule has 0 saturated carbocycles. The summed E-state index contributed by atoms with van der Waals surface area (Å²) in [5.74, 6) is 0.0155. The second-order valence-corrected chi connectivity index (χ2v) is 5.29. The number of ether oxygens (including phenoxy) is 3. The minimum Gasteiger partial charge on any atom is -0.490 e. The Labute approximate surface area is 120 Å². The molecular formula is C15H23NO4. The fraction of sp³-hybridized carbons (Fsp3) is 0.533. The highest BCUT2D eigenvalue weighted by Gasteiger charge is 2.15. The topological polar surface area (TPSA) is 70.8 Å².